The van der Waals surface area contributed by atoms with Crippen LogP contribution in [0.4, 0.5) is 4.39 Å². The molecule has 0 spiro atoms. The van der Waals surface area contributed by atoms with Crippen LogP contribution in [0.3, 0.4) is 0 Å². The zero-order valence-electron chi connectivity index (χ0n) is 12.2. The number of nitrogens with one attached hydrogen (secondary N) is 1. The summed E-state index contributed by atoms with van der Waals surface area (Å²) >= 11 is 6.87. The molecule has 22 heavy (non-hydrogen) atoms. The van der Waals surface area contributed by atoms with Crippen molar-refractivity contribution in [2.45, 2.75) is 12.5 Å². The lowest BCUT2D eigenvalue weighted by Crippen LogP contribution is -2.45. The number of methoxy groups -OCH3 is 1. The van der Waals surface area contributed by atoms with Gasteiger partial charge in [0.2, 0.25) is 0 Å². The minimum Gasteiger partial charge on any atom is -0.503 e. The zero-order chi connectivity index (χ0) is 15.4. The number of phenols is 1. The number of nitrogens with zero attached hydrogens (tertiary/aromatic N) is 1. The Labute approximate surface area is 153 Å². The van der Waals surface area contributed by atoms with Gasteiger partial charge in [-0.1, -0.05) is 0 Å². The standard InChI is InChI=1S/C14H19Br2FN2O2.ClH/c1-21-11-8-9(12(15)13(16)14(11)20)10(2-3-17)19-6-4-18-5-7-19;/h8,10,18,20H,2-7H2,1H3;1H/t10-;/m0./s1. The fraction of sp³-hybridized carbons (Fsp3) is 0.571. The molecule has 1 aromatic carbocycles. The fourth-order valence-electron chi connectivity index (χ4n) is 2.64. The molecule has 126 valence electrons. The van der Waals surface area contributed by atoms with Crippen molar-refractivity contribution in [3.8, 4) is 11.5 Å². The largest absolute Gasteiger partial charge is 0.503 e. The first kappa shape index (κ1) is 20.0. The third kappa shape index (κ3) is 4.26. The van der Waals surface area contributed by atoms with Gasteiger partial charge in [-0.3, -0.25) is 9.29 Å². The Morgan fingerprint density at radius 1 is 1.36 bits per heavy atom. The lowest BCUT2D eigenvalue weighted by atomic mass is 10.0. The van der Waals surface area contributed by atoms with E-state index >= 15 is 0 Å². The summed E-state index contributed by atoms with van der Waals surface area (Å²) in [7, 11) is 1.51. The molecule has 1 aromatic rings. The van der Waals surface area contributed by atoms with Crippen LogP contribution >= 0.6 is 44.3 Å². The van der Waals surface area contributed by atoms with Gasteiger partial charge in [-0.2, -0.15) is 0 Å². The van der Waals surface area contributed by atoms with Gasteiger partial charge in [-0.05, 0) is 49.9 Å². The molecule has 2 N–H and O–H groups in total. The third-order valence-electron chi connectivity index (χ3n) is 3.73. The summed E-state index contributed by atoms with van der Waals surface area (Å²) in [6.45, 7) is 3.16. The number of benzene rings is 1. The highest BCUT2D eigenvalue weighted by Crippen LogP contribution is 2.45. The van der Waals surface area contributed by atoms with E-state index in [1.807, 2.05) is 0 Å². The molecule has 1 heterocycles. The summed E-state index contributed by atoms with van der Waals surface area (Å²) in [6, 6.07) is 1.74. The highest BCUT2D eigenvalue weighted by molar-refractivity contribution is 9.13. The van der Waals surface area contributed by atoms with Gasteiger partial charge in [0.1, 0.15) is 0 Å². The van der Waals surface area contributed by atoms with Crippen molar-refractivity contribution in [3.05, 3.63) is 20.6 Å². The zero-order valence-corrected chi connectivity index (χ0v) is 16.2. The smallest absolute Gasteiger partial charge is 0.173 e. The number of halogens is 4. The molecule has 1 aliphatic rings. The van der Waals surface area contributed by atoms with Crippen molar-refractivity contribution in [3.63, 3.8) is 0 Å². The van der Waals surface area contributed by atoms with Gasteiger partial charge in [0, 0.05) is 36.7 Å². The molecule has 2 rings (SSSR count). The predicted octanol–water partition coefficient (Wildman–Crippen LogP) is 3.65. The Hall–Kier alpha value is -0.0800. The van der Waals surface area contributed by atoms with E-state index in [0.717, 1.165) is 36.2 Å². The van der Waals surface area contributed by atoms with E-state index < -0.39 is 0 Å². The van der Waals surface area contributed by atoms with Crippen molar-refractivity contribution in [1.29, 1.82) is 0 Å². The van der Waals surface area contributed by atoms with Crippen LogP contribution in [0, 0.1) is 0 Å². The van der Waals surface area contributed by atoms with Crippen LogP contribution in [-0.2, 0) is 0 Å². The number of ether oxygens (including phenoxy) is 1. The molecule has 0 saturated carbocycles. The number of alkyl halides is 1. The van der Waals surface area contributed by atoms with Gasteiger partial charge in [-0.15, -0.1) is 12.4 Å². The first-order chi connectivity index (χ1) is 10.1. The van der Waals surface area contributed by atoms with Gasteiger partial charge < -0.3 is 15.2 Å². The Balaban J connectivity index is 0.00000242. The summed E-state index contributed by atoms with van der Waals surface area (Å²) in [5.74, 6) is 0.437. The maximum absolute atomic E-state index is 13.0. The van der Waals surface area contributed by atoms with Crippen LogP contribution in [0.25, 0.3) is 0 Å². The Morgan fingerprint density at radius 3 is 2.55 bits per heavy atom. The fourth-order valence-corrected chi connectivity index (χ4v) is 3.63. The van der Waals surface area contributed by atoms with Crippen LogP contribution in [-0.4, -0.2) is 50.0 Å². The second-order valence-corrected chi connectivity index (χ2v) is 6.51. The Morgan fingerprint density at radius 2 is 2.00 bits per heavy atom. The Bertz CT molecular complexity index is 502. The highest BCUT2D eigenvalue weighted by Gasteiger charge is 2.26. The minimum absolute atomic E-state index is 0. The van der Waals surface area contributed by atoms with E-state index in [-0.39, 0.29) is 30.9 Å². The molecule has 4 nitrogen and oxygen atoms in total. The van der Waals surface area contributed by atoms with Crippen molar-refractivity contribution in [2.75, 3.05) is 40.0 Å². The van der Waals surface area contributed by atoms with E-state index in [1.54, 1.807) is 6.07 Å². The Kier molecular flexibility index (Phi) is 8.42. The second kappa shape index (κ2) is 9.27. The summed E-state index contributed by atoms with van der Waals surface area (Å²) in [5.41, 5.74) is 0.927. The lowest BCUT2D eigenvalue weighted by molar-refractivity contribution is 0.156. The molecule has 1 fully saturated rings. The van der Waals surface area contributed by atoms with Crippen molar-refractivity contribution < 1.29 is 14.2 Å². The molecule has 0 aliphatic carbocycles. The van der Waals surface area contributed by atoms with E-state index in [4.69, 9.17) is 4.74 Å². The van der Waals surface area contributed by atoms with E-state index in [2.05, 4.69) is 42.1 Å². The molecular formula is C14H20Br2ClFN2O2. The quantitative estimate of drug-likeness (QED) is 0.701. The molecule has 0 bridgehead atoms. The maximum atomic E-state index is 13.0. The van der Waals surface area contributed by atoms with E-state index in [0.29, 0.717) is 16.6 Å². The van der Waals surface area contributed by atoms with Crippen LogP contribution in [0.2, 0.25) is 0 Å². The van der Waals surface area contributed by atoms with Gasteiger partial charge in [0.25, 0.3) is 0 Å². The molecule has 0 radical (unpaired) electrons. The first-order valence-electron chi connectivity index (χ1n) is 6.85. The topological polar surface area (TPSA) is 44.7 Å². The van der Waals surface area contributed by atoms with Crippen LogP contribution < -0.4 is 10.1 Å². The molecule has 0 aromatic heterocycles. The van der Waals surface area contributed by atoms with Crippen LogP contribution in [0.1, 0.15) is 18.0 Å². The summed E-state index contributed by atoms with van der Waals surface area (Å²) in [6.07, 6.45) is 0.416. The van der Waals surface area contributed by atoms with Gasteiger partial charge in [0.05, 0.1) is 18.3 Å². The molecular weight excluding hydrogens is 442 g/mol. The number of hydrogen-bond donors (Lipinski definition) is 2. The average Bonchev–Trinajstić information content (AvgIpc) is 2.52. The van der Waals surface area contributed by atoms with E-state index in [1.165, 1.54) is 7.11 Å². The summed E-state index contributed by atoms with van der Waals surface area (Å²) < 4.78 is 19.5. The number of rotatable bonds is 5. The number of phenolic OH excluding ortho intramolecular Hbond substituents is 1. The minimum atomic E-state index is -0.387. The molecule has 1 atom stereocenters. The number of hydrogen-bond acceptors (Lipinski definition) is 4. The summed E-state index contributed by atoms with van der Waals surface area (Å²) in [5, 5.41) is 13.3. The molecule has 0 amide bonds. The second-order valence-electron chi connectivity index (χ2n) is 4.92. The normalized spacial score (nSPS) is 16.9. The average molecular weight is 463 g/mol. The molecule has 0 unspecified atom stereocenters. The summed E-state index contributed by atoms with van der Waals surface area (Å²) in [4.78, 5) is 2.26. The number of piperazine rings is 1. The van der Waals surface area contributed by atoms with Crippen molar-refractivity contribution in [2.24, 2.45) is 0 Å². The van der Waals surface area contributed by atoms with Crippen LogP contribution in [0.5, 0.6) is 11.5 Å². The predicted molar refractivity (Wildman–Crippen MR) is 95.1 cm³/mol. The van der Waals surface area contributed by atoms with Gasteiger partial charge >= 0.3 is 0 Å². The molecule has 8 heteroatoms. The van der Waals surface area contributed by atoms with Crippen LogP contribution in [0.15, 0.2) is 15.0 Å². The third-order valence-corrected chi connectivity index (χ3v) is 5.89. The van der Waals surface area contributed by atoms with Crippen molar-refractivity contribution in [1.82, 2.24) is 10.2 Å². The van der Waals surface area contributed by atoms with E-state index in [9.17, 15) is 9.50 Å². The first-order valence-corrected chi connectivity index (χ1v) is 8.44. The highest BCUT2D eigenvalue weighted by atomic mass is 79.9. The monoisotopic (exact) mass is 460 g/mol. The van der Waals surface area contributed by atoms with Gasteiger partial charge in [-0.25, -0.2) is 0 Å². The SMILES string of the molecule is COc1cc([C@H](CCF)N2CCNCC2)c(Br)c(Br)c1O.Cl. The maximum Gasteiger partial charge on any atom is 0.173 e. The molecule has 1 saturated heterocycles. The molecule has 1 aliphatic heterocycles. The lowest BCUT2D eigenvalue weighted by Gasteiger charge is -2.35. The van der Waals surface area contributed by atoms with Gasteiger partial charge in [0.15, 0.2) is 11.5 Å². The number of aromatic hydroxyl groups is 1. The van der Waals surface area contributed by atoms with Crippen molar-refractivity contribution >= 4 is 44.3 Å².